The lowest BCUT2D eigenvalue weighted by Crippen LogP contribution is -2.53. The van der Waals surface area contributed by atoms with Crippen LogP contribution < -0.4 is 15.2 Å². The first kappa shape index (κ1) is 15.0. The first-order chi connectivity index (χ1) is 8.95. The number of hydrogen-bond acceptors (Lipinski definition) is 5. The number of nitrogens with one attached hydrogen (secondary N) is 1. The van der Waals surface area contributed by atoms with Gasteiger partial charge in [0.25, 0.3) is 5.91 Å². The Morgan fingerprint density at radius 3 is 2.37 bits per heavy atom. The van der Waals surface area contributed by atoms with Crippen LogP contribution in [0.1, 0.15) is 24.2 Å². The van der Waals surface area contributed by atoms with Crippen molar-refractivity contribution in [2.24, 2.45) is 0 Å². The molecule has 2 N–H and O–H groups in total. The van der Waals surface area contributed by atoms with Crippen molar-refractivity contribution in [1.29, 1.82) is 0 Å². The first-order valence-electron chi connectivity index (χ1n) is 5.88. The Labute approximate surface area is 111 Å². The fraction of sp³-hybridized carbons (Fsp3) is 0.385. The van der Waals surface area contributed by atoms with Gasteiger partial charge >= 0.3 is 0 Å². The van der Waals surface area contributed by atoms with Crippen molar-refractivity contribution in [3.05, 3.63) is 29.8 Å². The number of carboxylic acid groups (broad SMARTS) is 1. The molecule has 19 heavy (non-hydrogen) atoms. The number of carbonyl (C=O) groups excluding carboxylic acids is 2. The maximum absolute atomic E-state index is 11.8. The Bertz CT molecular complexity index is 441. The number of aliphatic hydroxyl groups excluding tert-OH is 1. The van der Waals surface area contributed by atoms with Gasteiger partial charge in [0.1, 0.15) is 5.75 Å². The quantitative estimate of drug-likeness (QED) is 0.710. The molecule has 1 aromatic rings. The van der Waals surface area contributed by atoms with Gasteiger partial charge in [0, 0.05) is 5.56 Å². The molecule has 2 atom stereocenters. The number of benzene rings is 1. The molecule has 0 unspecified atom stereocenters. The van der Waals surface area contributed by atoms with Gasteiger partial charge in [-0.15, -0.1) is 0 Å². The third kappa shape index (κ3) is 4.26. The average molecular weight is 266 g/mol. The number of ether oxygens (including phenoxy) is 1. The topological polar surface area (TPSA) is 98.7 Å². The summed E-state index contributed by atoms with van der Waals surface area (Å²) in [6, 6.07) is 4.78. The van der Waals surface area contributed by atoms with Crippen LogP contribution in [0.3, 0.4) is 0 Å². The predicted octanol–water partition coefficient (Wildman–Crippen LogP) is -0.686. The number of aliphatic carboxylic acids is 1. The maximum Gasteiger partial charge on any atom is 0.251 e. The van der Waals surface area contributed by atoms with Crippen molar-refractivity contribution in [3.8, 4) is 5.75 Å². The molecule has 6 heteroatoms. The van der Waals surface area contributed by atoms with E-state index >= 15 is 0 Å². The van der Waals surface area contributed by atoms with Crippen LogP contribution in [0.2, 0.25) is 0 Å². The highest BCUT2D eigenvalue weighted by Gasteiger charge is 2.19. The second kappa shape index (κ2) is 6.75. The normalized spacial score (nSPS) is 13.4. The molecular weight excluding hydrogens is 250 g/mol. The largest absolute Gasteiger partial charge is 0.548 e. The summed E-state index contributed by atoms with van der Waals surface area (Å²) in [7, 11) is 0. The lowest BCUT2D eigenvalue weighted by Gasteiger charge is -2.22. The molecule has 104 valence electrons. The van der Waals surface area contributed by atoms with E-state index in [2.05, 4.69) is 5.32 Å². The van der Waals surface area contributed by atoms with E-state index < -0.39 is 24.0 Å². The minimum absolute atomic E-state index is 0.273. The van der Waals surface area contributed by atoms with Crippen LogP contribution in [0.5, 0.6) is 5.75 Å². The van der Waals surface area contributed by atoms with Crippen LogP contribution >= 0.6 is 0 Å². The zero-order valence-electron chi connectivity index (χ0n) is 10.8. The molecule has 0 bridgehead atoms. The van der Waals surface area contributed by atoms with Gasteiger partial charge < -0.3 is 25.1 Å². The van der Waals surface area contributed by atoms with E-state index in [4.69, 9.17) is 4.74 Å². The van der Waals surface area contributed by atoms with Gasteiger partial charge in [0.05, 0.1) is 24.7 Å². The molecule has 0 aliphatic heterocycles. The summed E-state index contributed by atoms with van der Waals surface area (Å²) >= 11 is 0. The minimum atomic E-state index is -1.53. The second-order valence-corrected chi connectivity index (χ2v) is 3.97. The summed E-state index contributed by atoms with van der Waals surface area (Å²) in [4.78, 5) is 22.5. The number of amides is 1. The zero-order chi connectivity index (χ0) is 14.4. The Balaban J connectivity index is 2.74. The van der Waals surface area contributed by atoms with Gasteiger partial charge in [-0.05, 0) is 38.1 Å². The molecule has 0 radical (unpaired) electrons. The van der Waals surface area contributed by atoms with Gasteiger partial charge in [-0.1, -0.05) is 0 Å². The van der Waals surface area contributed by atoms with Crippen LogP contribution in [-0.4, -0.2) is 35.7 Å². The van der Waals surface area contributed by atoms with Crippen LogP contribution in [0.25, 0.3) is 0 Å². The lowest BCUT2D eigenvalue weighted by molar-refractivity contribution is -0.310. The maximum atomic E-state index is 11.8. The molecule has 0 saturated carbocycles. The highest BCUT2D eigenvalue weighted by Crippen LogP contribution is 2.12. The number of carboxylic acids is 1. The fourth-order valence-electron chi connectivity index (χ4n) is 1.47. The molecule has 0 aromatic heterocycles. The van der Waals surface area contributed by atoms with Crippen molar-refractivity contribution in [2.75, 3.05) is 6.61 Å². The number of hydrogen-bond donors (Lipinski definition) is 2. The van der Waals surface area contributed by atoms with E-state index in [1.807, 2.05) is 6.92 Å². The van der Waals surface area contributed by atoms with Crippen LogP contribution in [0, 0.1) is 0 Å². The Morgan fingerprint density at radius 1 is 1.37 bits per heavy atom. The van der Waals surface area contributed by atoms with Crippen molar-refractivity contribution in [3.63, 3.8) is 0 Å². The predicted molar refractivity (Wildman–Crippen MR) is 65.6 cm³/mol. The van der Waals surface area contributed by atoms with E-state index in [0.29, 0.717) is 12.4 Å². The standard InChI is InChI=1S/C13H17NO5/c1-3-19-10-6-4-9(5-7-10)12(16)14-11(8(2)15)13(17)18/h4-8,11,15H,3H2,1-2H3,(H,14,16)(H,17,18)/p-1/t8-,11-/m1/s1. The average Bonchev–Trinajstić information content (AvgIpc) is 2.36. The summed E-state index contributed by atoms with van der Waals surface area (Å²) in [6.45, 7) is 3.62. The molecule has 6 nitrogen and oxygen atoms in total. The number of rotatable bonds is 6. The minimum Gasteiger partial charge on any atom is -0.548 e. The first-order valence-corrected chi connectivity index (χ1v) is 5.88. The highest BCUT2D eigenvalue weighted by atomic mass is 16.5. The van der Waals surface area contributed by atoms with Gasteiger partial charge in [-0.25, -0.2) is 0 Å². The van der Waals surface area contributed by atoms with Gasteiger partial charge in [0.15, 0.2) is 0 Å². The Morgan fingerprint density at radius 2 is 1.95 bits per heavy atom. The van der Waals surface area contributed by atoms with Crippen LogP contribution in [0.15, 0.2) is 24.3 Å². The summed E-state index contributed by atoms with van der Waals surface area (Å²) < 4.78 is 5.22. The van der Waals surface area contributed by atoms with Crippen molar-refractivity contribution in [1.82, 2.24) is 5.32 Å². The monoisotopic (exact) mass is 266 g/mol. The van der Waals surface area contributed by atoms with E-state index in [1.165, 1.54) is 19.1 Å². The van der Waals surface area contributed by atoms with Gasteiger partial charge in [-0.3, -0.25) is 4.79 Å². The van der Waals surface area contributed by atoms with E-state index in [1.54, 1.807) is 12.1 Å². The van der Waals surface area contributed by atoms with E-state index in [0.717, 1.165) is 0 Å². The van der Waals surface area contributed by atoms with Crippen molar-refractivity contribution < 1.29 is 24.5 Å². The summed E-state index contributed by atoms with van der Waals surface area (Å²) in [6.07, 6.45) is -1.24. The molecule has 0 heterocycles. The van der Waals surface area contributed by atoms with Crippen LogP contribution in [-0.2, 0) is 4.79 Å². The molecular formula is C13H16NO5-. The third-order valence-electron chi connectivity index (χ3n) is 2.45. The van der Waals surface area contributed by atoms with Gasteiger partial charge in [-0.2, -0.15) is 0 Å². The highest BCUT2D eigenvalue weighted by molar-refractivity contribution is 5.96. The molecule has 1 aromatic carbocycles. The summed E-state index contributed by atoms with van der Waals surface area (Å²) in [5, 5.41) is 22.2. The molecule has 1 amide bonds. The molecule has 0 aliphatic carbocycles. The number of aliphatic hydroxyl groups is 1. The van der Waals surface area contributed by atoms with Crippen molar-refractivity contribution in [2.45, 2.75) is 26.0 Å². The van der Waals surface area contributed by atoms with E-state index in [9.17, 15) is 19.8 Å². The Kier molecular flexibility index (Phi) is 5.32. The fourth-order valence-corrected chi connectivity index (χ4v) is 1.47. The zero-order valence-corrected chi connectivity index (χ0v) is 10.8. The lowest BCUT2D eigenvalue weighted by atomic mass is 10.1. The van der Waals surface area contributed by atoms with Crippen molar-refractivity contribution >= 4 is 11.9 Å². The molecule has 1 rings (SSSR count). The smallest absolute Gasteiger partial charge is 0.251 e. The number of carbonyl (C=O) groups is 2. The molecule has 0 spiro atoms. The van der Waals surface area contributed by atoms with Gasteiger partial charge in [0.2, 0.25) is 0 Å². The van der Waals surface area contributed by atoms with Crippen LogP contribution in [0.4, 0.5) is 0 Å². The molecule has 0 saturated heterocycles. The SMILES string of the molecule is CCOc1ccc(C(=O)N[C@@H](C(=O)[O-])[C@@H](C)O)cc1. The second-order valence-electron chi connectivity index (χ2n) is 3.97. The Hall–Kier alpha value is -2.08. The molecule has 0 aliphatic rings. The van der Waals surface area contributed by atoms with E-state index in [-0.39, 0.29) is 5.56 Å². The summed E-state index contributed by atoms with van der Waals surface area (Å²) in [5.74, 6) is -1.52. The summed E-state index contributed by atoms with van der Waals surface area (Å²) in [5.41, 5.74) is 0.273. The third-order valence-corrected chi connectivity index (χ3v) is 2.45. The molecule has 0 fully saturated rings.